The van der Waals surface area contributed by atoms with Gasteiger partial charge in [-0.3, -0.25) is 0 Å². The van der Waals surface area contributed by atoms with Crippen LogP contribution in [-0.2, 0) is 0 Å². The van der Waals surface area contributed by atoms with Crippen molar-refractivity contribution in [1.82, 2.24) is 9.97 Å². The van der Waals surface area contributed by atoms with E-state index in [0.717, 1.165) is 11.6 Å². The summed E-state index contributed by atoms with van der Waals surface area (Å²) < 4.78 is 37.8. The van der Waals surface area contributed by atoms with Crippen molar-refractivity contribution >= 4 is 11.0 Å². The van der Waals surface area contributed by atoms with Gasteiger partial charge < -0.3 is 14.5 Å². The van der Waals surface area contributed by atoms with Crippen molar-refractivity contribution in [2.45, 2.75) is 0 Å². The molecule has 0 aliphatic carbocycles. The molecule has 0 bridgehead atoms. The summed E-state index contributed by atoms with van der Waals surface area (Å²) >= 11 is 0. The minimum atomic E-state index is -0.690. The number of rotatable bonds is 1. The van der Waals surface area contributed by atoms with E-state index in [9.17, 15) is 8.78 Å². The number of hydrogen-bond donors (Lipinski definition) is 1. The Morgan fingerprint density at radius 3 is 2.67 bits per heavy atom. The number of imidazole rings is 1. The first kappa shape index (κ1) is 12.1. The van der Waals surface area contributed by atoms with Gasteiger partial charge >= 0.3 is 0 Å². The highest BCUT2D eigenvalue weighted by Gasteiger charge is 2.15. The highest BCUT2D eigenvalue weighted by atomic mass is 19.1. The van der Waals surface area contributed by atoms with Gasteiger partial charge in [-0.25, -0.2) is 13.8 Å². The maximum Gasteiger partial charge on any atom is 0.162 e. The van der Waals surface area contributed by atoms with Crippen LogP contribution in [0.1, 0.15) is 0 Å². The molecule has 0 fully saturated rings. The molecule has 1 aromatic heterocycles. The second kappa shape index (κ2) is 4.44. The van der Waals surface area contributed by atoms with Gasteiger partial charge in [0.15, 0.2) is 17.3 Å². The third kappa shape index (κ3) is 1.99. The molecule has 0 saturated carbocycles. The molecule has 6 heteroatoms. The van der Waals surface area contributed by atoms with Crippen LogP contribution in [0.2, 0.25) is 0 Å². The van der Waals surface area contributed by atoms with Crippen molar-refractivity contribution < 1.29 is 18.3 Å². The van der Waals surface area contributed by atoms with Gasteiger partial charge in [0.2, 0.25) is 0 Å². The van der Waals surface area contributed by atoms with Crippen LogP contribution in [0.3, 0.4) is 0 Å². The average molecular weight is 288 g/mol. The first-order valence-electron chi connectivity index (χ1n) is 6.45. The summed E-state index contributed by atoms with van der Waals surface area (Å²) in [6.07, 6.45) is 0. The zero-order chi connectivity index (χ0) is 14.4. The molecule has 2 heterocycles. The number of aromatic nitrogens is 2. The number of hydrogen-bond acceptors (Lipinski definition) is 3. The maximum atomic E-state index is 13.7. The zero-order valence-corrected chi connectivity index (χ0v) is 10.8. The Labute approximate surface area is 118 Å². The van der Waals surface area contributed by atoms with E-state index in [-0.39, 0.29) is 5.52 Å². The molecular weight excluding hydrogens is 278 g/mol. The van der Waals surface area contributed by atoms with E-state index in [1.54, 1.807) is 18.2 Å². The SMILES string of the molecule is Fc1cc(F)c2nc(-c3ccc4c(c3)OCCO4)[nH]c2c1. The van der Waals surface area contributed by atoms with Crippen LogP contribution in [0, 0.1) is 11.6 Å². The van der Waals surface area contributed by atoms with Crippen LogP contribution in [-0.4, -0.2) is 23.2 Å². The molecule has 0 saturated heterocycles. The Morgan fingerprint density at radius 2 is 1.81 bits per heavy atom. The Morgan fingerprint density at radius 1 is 1.00 bits per heavy atom. The van der Waals surface area contributed by atoms with Crippen LogP contribution < -0.4 is 9.47 Å². The molecule has 0 atom stereocenters. The number of aromatic amines is 1. The highest BCUT2D eigenvalue weighted by Crippen LogP contribution is 2.34. The summed E-state index contributed by atoms with van der Waals surface area (Å²) in [5.74, 6) is 0.401. The van der Waals surface area contributed by atoms with Crippen molar-refractivity contribution in [1.29, 1.82) is 0 Å². The number of fused-ring (bicyclic) bond motifs is 2. The third-order valence-electron chi connectivity index (χ3n) is 3.32. The summed E-state index contributed by atoms with van der Waals surface area (Å²) in [6.45, 7) is 0.998. The number of nitrogens with one attached hydrogen (secondary N) is 1. The molecule has 0 amide bonds. The smallest absolute Gasteiger partial charge is 0.162 e. The third-order valence-corrected chi connectivity index (χ3v) is 3.32. The van der Waals surface area contributed by atoms with Gasteiger partial charge in [-0.15, -0.1) is 0 Å². The molecule has 2 aromatic carbocycles. The Hall–Kier alpha value is -2.63. The molecule has 21 heavy (non-hydrogen) atoms. The summed E-state index contributed by atoms with van der Waals surface area (Å²) in [7, 11) is 0. The van der Waals surface area contributed by atoms with E-state index in [1.807, 2.05) is 0 Å². The fourth-order valence-electron chi connectivity index (χ4n) is 2.37. The molecule has 1 aliphatic rings. The summed E-state index contributed by atoms with van der Waals surface area (Å²) in [5, 5.41) is 0. The van der Waals surface area contributed by atoms with E-state index in [2.05, 4.69) is 9.97 Å². The number of halogens is 2. The van der Waals surface area contributed by atoms with Crippen LogP contribution in [0.4, 0.5) is 8.78 Å². The Bertz CT molecular complexity index is 845. The van der Waals surface area contributed by atoms with E-state index in [4.69, 9.17) is 9.47 Å². The molecule has 0 radical (unpaired) electrons. The summed E-state index contributed by atoms with van der Waals surface area (Å²) in [6, 6.07) is 7.36. The van der Waals surface area contributed by atoms with Crippen molar-refractivity contribution in [3.05, 3.63) is 42.0 Å². The Balaban J connectivity index is 1.84. The lowest BCUT2D eigenvalue weighted by molar-refractivity contribution is 0.171. The number of benzene rings is 2. The quantitative estimate of drug-likeness (QED) is 0.747. The fraction of sp³-hybridized carbons (Fsp3) is 0.133. The predicted molar refractivity (Wildman–Crippen MR) is 72.4 cm³/mol. The normalized spacial score (nSPS) is 13.6. The van der Waals surface area contributed by atoms with Crippen molar-refractivity contribution in [3.8, 4) is 22.9 Å². The van der Waals surface area contributed by atoms with E-state index in [1.165, 1.54) is 6.07 Å². The lowest BCUT2D eigenvalue weighted by atomic mass is 10.2. The van der Waals surface area contributed by atoms with E-state index in [0.29, 0.717) is 36.1 Å². The lowest BCUT2D eigenvalue weighted by Gasteiger charge is -2.18. The zero-order valence-electron chi connectivity index (χ0n) is 10.8. The maximum absolute atomic E-state index is 13.7. The molecular formula is C15H10F2N2O2. The van der Waals surface area contributed by atoms with Gasteiger partial charge in [-0.05, 0) is 24.3 Å². The van der Waals surface area contributed by atoms with Crippen molar-refractivity contribution in [2.24, 2.45) is 0 Å². The van der Waals surface area contributed by atoms with E-state index < -0.39 is 11.6 Å². The van der Waals surface area contributed by atoms with Crippen molar-refractivity contribution in [3.63, 3.8) is 0 Å². The fourth-order valence-corrected chi connectivity index (χ4v) is 2.37. The van der Waals surface area contributed by atoms with Gasteiger partial charge in [-0.2, -0.15) is 0 Å². The van der Waals surface area contributed by atoms with Gasteiger partial charge in [0.25, 0.3) is 0 Å². The second-order valence-electron chi connectivity index (χ2n) is 4.73. The molecule has 0 unspecified atom stereocenters. The molecule has 4 rings (SSSR count). The van der Waals surface area contributed by atoms with Crippen LogP contribution in [0.5, 0.6) is 11.5 Å². The average Bonchev–Trinajstić information content (AvgIpc) is 2.91. The standard InChI is InChI=1S/C15H10F2N2O2/c16-9-6-10(17)14-11(7-9)18-15(19-14)8-1-2-12-13(5-8)21-4-3-20-12/h1-2,5-7H,3-4H2,(H,18,19). The molecule has 106 valence electrons. The minimum Gasteiger partial charge on any atom is -0.486 e. The number of nitrogens with zero attached hydrogens (tertiary/aromatic N) is 1. The first-order valence-corrected chi connectivity index (χ1v) is 6.45. The van der Waals surface area contributed by atoms with E-state index >= 15 is 0 Å². The van der Waals surface area contributed by atoms with Crippen LogP contribution in [0.15, 0.2) is 30.3 Å². The number of ether oxygens (including phenoxy) is 2. The number of H-pyrrole nitrogens is 1. The first-order chi connectivity index (χ1) is 10.2. The molecule has 1 N–H and O–H groups in total. The van der Waals surface area contributed by atoms with Crippen LogP contribution >= 0.6 is 0 Å². The molecule has 3 aromatic rings. The second-order valence-corrected chi connectivity index (χ2v) is 4.73. The molecule has 0 spiro atoms. The van der Waals surface area contributed by atoms with Gasteiger partial charge in [0.1, 0.15) is 30.4 Å². The van der Waals surface area contributed by atoms with Gasteiger partial charge in [0, 0.05) is 11.6 Å². The minimum absolute atomic E-state index is 0.112. The van der Waals surface area contributed by atoms with Gasteiger partial charge in [-0.1, -0.05) is 0 Å². The topological polar surface area (TPSA) is 47.1 Å². The highest BCUT2D eigenvalue weighted by molar-refractivity contribution is 5.80. The predicted octanol–water partition coefficient (Wildman–Crippen LogP) is 3.28. The lowest BCUT2D eigenvalue weighted by Crippen LogP contribution is -2.15. The van der Waals surface area contributed by atoms with Crippen molar-refractivity contribution in [2.75, 3.05) is 13.2 Å². The molecule has 4 nitrogen and oxygen atoms in total. The van der Waals surface area contributed by atoms with Crippen LogP contribution in [0.25, 0.3) is 22.4 Å². The molecule has 1 aliphatic heterocycles. The monoisotopic (exact) mass is 288 g/mol. The summed E-state index contributed by atoms with van der Waals surface area (Å²) in [5.41, 5.74) is 1.15. The largest absolute Gasteiger partial charge is 0.486 e. The van der Waals surface area contributed by atoms with Gasteiger partial charge in [0.05, 0.1) is 5.52 Å². The summed E-state index contributed by atoms with van der Waals surface area (Å²) in [4.78, 5) is 7.09. The Kier molecular flexibility index (Phi) is 2.57.